The summed E-state index contributed by atoms with van der Waals surface area (Å²) in [4.78, 5) is 18.6. The van der Waals surface area contributed by atoms with Crippen LogP contribution in [0.4, 0.5) is 5.69 Å². The first-order valence-corrected chi connectivity index (χ1v) is 14.5. The highest BCUT2D eigenvalue weighted by molar-refractivity contribution is 7.91. The molecule has 0 saturated carbocycles. The second-order valence-electron chi connectivity index (χ2n) is 9.70. The number of nitrogens with one attached hydrogen (secondary N) is 1. The van der Waals surface area contributed by atoms with E-state index in [0.717, 1.165) is 12.0 Å². The Morgan fingerprint density at radius 2 is 1.84 bits per heavy atom. The van der Waals surface area contributed by atoms with Gasteiger partial charge in [-0.05, 0) is 43.5 Å². The van der Waals surface area contributed by atoms with Gasteiger partial charge in [0.05, 0.1) is 39.9 Å². The van der Waals surface area contributed by atoms with Crippen molar-refractivity contribution in [2.24, 2.45) is 0 Å². The number of pyridine rings is 1. The first-order chi connectivity index (χ1) is 18.3. The molecule has 0 aliphatic carbocycles. The lowest BCUT2D eigenvalue weighted by Crippen LogP contribution is -2.17. The molecule has 0 spiro atoms. The minimum atomic E-state index is -3.14. The minimum Gasteiger partial charge on any atom is -0.486 e. The summed E-state index contributed by atoms with van der Waals surface area (Å²) in [5, 5.41) is 8.27. The van der Waals surface area contributed by atoms with Gasteiger partial charge in [0, 0.05) is 17.3 Å². The summed E-state index contributed by atoms with van der Waals surface area (Å²) < 4.78 is 37.4. The van der Waals surface area contributed by atoms with Crippen molar-refractivity contribution < 1.29 is 22.7 Å². The lowest BCUT2D eigenvalue weighted by Gasteiger charge is -2.19. The summed E-state index contributed by atoms with van der Waals surface area (Å²) in [7, 11) is -3.14. The Morgan fingerprint density at radius 3 is 2.55 bits per heavy atom. The zero-order chi connectivity index (χ0) is 26.4. The average Bonchev–Trinajstić information content (AvgIpc) is 3.46. The highest BCUT2D eigenvalue weighted by Gasteiger charge is 2.32. The molecule has 9 nitrogen and oxygen atoms in total. The van der Waals surface area contributed by atoms with Crippen LogP contribution in [0.15, 0.2) is 48.5 Å². The van der Waals surface area contributed by atoms with Crippen molar-refractivity contribution in [2.75, 3.05) is 30.0 Å². The lowest BCUT2D eigenvalue weighted by molar-refractivity contribution is 0.102. The van der Waals surface area contributed by atoms with E-state index >= 15 is 0 Å². The van der Waals surface area contributed by atoms with Crippen molar-refractivity contribution in [3.05, 3.63) is 65.4 Å². The zero-order valence-corrected chi connectivity index (χ0v) is 22.0. The number of amides is 1. The van der Waals surface area contributed by atoms with Crippen LogP contribution < -0.4 is 14.8 Å². The van der Waals surface area contributed by atoms with Crippen molar-refractivity contribution in [3.8, 4) is 22.8 Å². The van der Waals surface area contributed by atoms with E-state index in [1.165, 1.54) is 5.56 Å². The van der Waals surface area contributed by atoms with Gasteiger partial charge < -0.3 is 14.8 Å². The second kappa shape index (κ2) is 9.43. The monoisotopic (exact) mass is 532 g/mol. The molecule has 1 amide bonds. The molecule has 1 saturated heterocycles. The number of benzene rings is 2. The Bertz CT molecular complexity index is 1660. The molecule has 6 rings (SSSR count). The molecule has 196 valence electrons. The van der Waals surface area contributed by atoms with E-state index in [1.807, 2.05) is 31.2 Å². The second-order valence-corrected chi connectivity index (χ2v) is 11.9. The van der Waals surface area contributed by atoms with Crippen LogP contribution in [-0.2, 0) is 16.3 Å². The third kappa shape index (κ3) is 4.49. The lowest BCUT2D eigenvalue weighted by atomic mass is 10.0. The summed E-state index contributed by atoms with van der Waals surface area (Å²) in [6, 6.07) is 14.8. The van der Waals surface area contributed by atoms with Gasteiger partial charge in [0.15, 0.2) is 27.0 Å². The number of fused-ring (bicyclic) bond motifs is 2. The largest absolute Gasteiger partial charge is 0.486 e. The summed E-state index contributed by atoms with van der Waals surface area (Å²) in [6.45, 7) is 4.85. The maximum absolute atomic E-state index is 13.7. The van der Waals surface area contributed by atoms with E-state index in [4.69, 9.17) is 14.5 Å². The van der Waals surface area contributed by atoms with Crippen molar-refractivity contribution in [3.63, 3.8) is 0 Å². The SMILES string of the molecule is CCc1ccc(-c2cc(C(=O)Nc3ccc4c(c3)OCCO4)c3c(C)nn(C4CCS(=O)(=O)C4)c3n2)cc1. The predicted molar refractivity (Wildman–Crippen MR) is 145 cm³/mol. The molecular formula is C28H28N4O5S. The normalized spacial score (nSPS) is 18.0. The highest BCUT2D eigenvalue weighted by atomic mass is 32.2. The number of sulfone groups is 1. The van der Waals surface area contributed by atoms with Crippen LogP contribution in [0, 0.1) is 6.92 Å². The molecule has 2 aromatic heterocycles. The van der Waals surface area contributed by atoms with E-state index in [9.17, 15) is 13.2 Å². The van der Waals surface area contributed by atoms with Gasteiger partial charge in [-0.25, -0.2) is 18.1 Å². The number of hydrogen-bond acceptors (Lipinski definition) is 7. The molecule has 2 aromatic carbocycles. The van der Waals surface area contributed by atoms with E-state index < -0.39 is 9.84 Å². The van der Waals surface area contributed by atoms with Gasteiger partial charge in [0.1, 0.15) is 13.2 Å². The molecule has 2 aliphatic heterocycles. The predicted octanol–water partition coefficient (Wildman–Crippen LogP) is 4.35. The Morgan fingerprint density at radius 1 is 1.08 bits per heavy atom. The van der Waals surface area contributed by atoms with Crippen molar-refractivity contribution in [2.45, 2.75) is 32.7 Å². The van der Waals surface area contributed by atoms with Crippen LogP contribution in [0.3, 0.4) is 0 Å². The van der Waals surface area contributed by atoms with Crippen LogP contribution in [0.1, 0.15) is 41.0 Å². The number of carbonyl (C=O) groups excluding carboxylic acids is 1. The van der Waals surface area contributed by atoms with Crippen LogP contribution in [0.25, 0.3) is 22.3 Å². The van der Waals surface area contributed by atoms with Gasteiger partial charge >= 0.3 is 0 Å². The number of hydrogen-bond donors (Lipinski definition) is 1. The van der Waals surface area contributed by atoms with Crippen molar-refractivity contribution >= 4 is 32.5 Å². The molecular weight excluding hydrogens is 504 g/mol. The number of carbonyl (C=O) groups is 1. The van der Waals surface area contributed by atoms with Gasteiger partial charge in [-0.1, -0.05) is 31.2 Å². The number of ether oxygens (including phenoxy) is 2. The smallest absolute Gasteiger partial charge is 0.256 e. The standard InChI is InChI=1S/C28H28N4O5S/c1-3-18-4-6-19(7-5-18)23-15-22(28(33)29-20-8-9-24-25(14-20)37-12-11-36-24)26-17(2)31-32(27(26)30-23)21-10-13-38(34,35)16-21/h4-9,14-15,21H,3,10-13,16H2,1-2H3,(H,29,33). The van der Waals surface area contributed by atoms with Crippen LogP contribution >= 0.6 is 0 Å². The van der Waals surface area contributed by atoms with E-state index in [2.05, 4.69) is 17.3 Å². The highest BCUT2D eigenvalue weighted by Crippen LogP contribution is 2.35. The van der Waals surface area contributed by atoms with Crippen LogP contribution in [-0.4, -0.2) is 53.8 Å². The average molecular weight is 533 g/mol. The first kappa shape index (κ1) is 24.4. The molecule has 1 fully saturated rings. The number of aromatic nitrogens is 3. The fourth-order valence-corrected chi connectivity index (χ4v) is 6.79. The number of anilines is 1. The Hall–Kier alpha value is -3.92. The third-order valence-corrected chi connectivity index (χ3v) is 8.84. The molecule has 0 bridgehead atoms. The van der Waals surface area contributed by atoms with E-state index in [0.29, 0.717) is 64.8 Å². The Kier molecular flexibility index (Phi) is 6.06. The molecule has 2 aliphatic rings. The summed E-state index contributed by atoms with van der Waals surface area (Å²) in [5.41, 5.74) is 4.81. The zero-order valence-electron chi connectivity index (χ0n) is 21.2. The molecule has 4 aromatic rings. The maximum atomic E-state index is 13.7. The van der Waals surface area contributed by atoms with Crippen molar-refractivity contribution in [1.82, 2.24) is 14.8 Å². The molecule has 1 atom stereocenters. The number of nitrogens with zero attached hydrogens (tertiary/aromatic N) is 3. The van der Waals surface area contributed by atoms with Gasteiger partial charge in [0.25, 0.3) is 5.91 Å². The van der Waals surface area contributed by atoms with Gasteiger partial charge in [-0.2, -0.15) is 5.10 Å². The third-order valence-electron chi connectivity index (χ3n) is 7.09. The number of aryl methyl sites for hydroxylation is 2. The summed E-state index contributed by atoms with van der Waals surface area (Å²) in [5.74, 6) is 1.04. The minimum absolute atomic E-state index is 0.0129. The molecule has 4 heterocycles. The molecule has 38 heavy (non-hydrogen) atoms. The Labute approximate surface area is 220 Å². The first-order valence-electron chi connectivity index (χ1n) is 12.7. The fourth-order valence-electron chi connectivity index (χ4n) is 5.09. The Balaban J connectivity index is 1.46. The van der Waals surface area contributed by atoms with Gasteiger partial charge in [0.2, 0.25) is 0 Å². The van der Waals surface area contributed by atoms with Crippen molar-refractivity contribution in [1.29, 1.82) is 0 Å². The molecule has 0 radical (unpaired) electrons. The van der Waals surface area contributed by atoms with Gasteiger partial charge in [-0.3, -0.25) is 4.79 Å². The number of rotatable bonds is 5. The summed E-state index contributed by atoms with van der Waals surface area (Å²) >= 11 is 0. The summed E-state index contributed by atoms with van der Waals surface area (Å²) in [6.07, 6.45) is 1.38. The maximum Gasteiger partial charge on any atom is 0.256 e. The van der Waals surface area contributed by atoms with E-state index in [1.54, 1.807) is 28.9 Å². The van der Waals surface area contributed by atoms with E-state index in [-0.39, 0.29) is 23.5 Å². The van der Waals surface area contributed by atoms with Crippen LogP contribution in [0.5, 0.6) is 11.5 Å². The molecule has 1 unspecified atom stereocenters. The van der Waals surface area contributed by atoms with Crippen LogP contribution in [0.2, 0.25) is 0 Å². The topological polar surface area (TPSA) is 112 Å². The quantitative estimate of drug-likeness (QED) is 0.407. The fraction of sp³-hybridized carbons (Fsp3) is 0.321. The molecule has 10 heteroatoms. The molecule has 1 N–H and O–H groups in total. The van der Waals surface area contributed by atoms with Gasteiger partial charge in [-0.15, -0.1) is 0 Å².